The second-order valence-corrected chi connectivity index (χ2v) is 10.5. The lowest BCUT2D eigenvalue weighted by molar-refractivity contribution is -0.129. The molecule has 0 aliphatic carbocycles. The van der Waals surface area contributed by atoms with Crippen LogP contribution in [0, 0.1) is 5.82 Å². The number of pyridine rings is 1. The van der Waals surface area contributed by atoms with Crippen LogP contribution in [0.25, 0.3) is 16.6 Å². The highest BCUT2D eigenvalue weighted by atomic mass is 35.5. The van der Waals surface area contributed by atoms with Crippen molar-refractivity contribution in [2.45, 2.75) is 6.92 Å². The topological polar surface area (TPSA) is 96.4 Å². The minimum Gasteiger partial charge on any atom is -0.450 e. The molecule has 0 saturated carbocycles. The van der Waals surface area contributed by atoms with Gasteiger partial charge in [-0.3, -0.25) is 19.3 Å². The molecule has 40 heavy (non-hydrogen) atoms. The van der Waals surface area contributed by atoms with E-state index in [1.54, 1.807) is 32.6 Å². The number of anilines is 1. The Labute approximate surface area is 234 Å². The summed E-state index contributed by atoms with van der Waals surface area (Å²) in [5, 5.41) is 3.43. The number of fused-ring (bicyclic) bond motifs is 2. The van der Waals surface area contributed by atoms with Gasteiger partial charge in [-0.2, -0.15) is 0 Å². The molecule has 6 rings (SSSR count). The van der Waals surface area contributed by atoms with Crippen LogP contribution in [0.2, 0.25) is 5.02 Å². The molecule has 10 nitrogen and oxygen atoms in total. The molecule has 3 aliphatic rings. The average Bonchev–Trinajstić information content (AvgIpc) is 2.96. The molecule has 4 heterocycles. The van der Waals surface area contributed by atoms with Crippen molar-refractivity contribution >= 4 is 40.0 Å². The molecule has 2 saturated heterocycles. The molecular weight excluding hydrogens is 541 g/mol. The Kier molecular flexibility index (Phi) is 7.11. The van der Waals surface area contributed by atoms with Gasteiger partial charge in [0.2, 0.25) is 11.3 Å². The Morgan fingerprint density at radius 2 is 1.80 bits per heavy atom. The smallest absolute Gasteiger partial charge is 0.256 e. The fraction of sp³-hybridized carbons (Fsp3) is 0.393. The number of carbonyl (C=O) groups excluding carboxylic acids is 2. The van der Waals surface area contributed by atoms with E-state index in [2.05, 4.69) is 10.2 Å². The monoisotopic (exact) mass is 569 g/mol. The normalized spacial score (nSPS) is 17.0. The van der Waals surface area contributed by atoms with Crippen LogP contribution >= 0.6 is 11.6 Å². The maximum Gasteiger partial charge on any atom is 0.256 e. The third-order valence-electron chi connectivity index (χ3n) is 7.68. The van der Waals surface area contributed by atoms with Gasteiger partial charge in [-0.15, -0.1) is 0 Å². The standard InChI is InChI=1S/C28H29ClFN5O5/c1-17(36)33-6-8-34(9-7-33)22-15-19-25-27(24(22)30)40-23-14-18(29)2-3-21(23)35(25)16-20(26(19)37)28(38)31-4-5-32-10-12-39-13-11-32/h2-3,14-16H,4-13H2,1H3,(H,31,38). The Morgan fingerprint density at radius 1 is 1.05 bits per heavy atom. The van der Waals surface area contributed by atoms with E-state index in [-0.39, 0.29) is 33.8 Å². The molecule has 0 radical (unpaired) electrons. The van der Waals surface area contributed by atoms with Crippen LogP contribution in [-0.2, 0) is 9.53 Å². The molecule has 2 aromatic carbocycles. The first kappa shape index (κ1) is 26.5. The number of hydrogen-bond acceptors (Lipinski definition) is 7. The lowest BCUT2D eigenvalue weighted by Gasteiger charge is -2.36. The molecule has 12 heteroatoms. The summed E-state index contributed by atoms with van der Waals surface area (Å²) in [7, 11) is 0. The van der Waals surface area contributed by atoms with Crippen molar-refractivity contribution in [3.8, 4) is 17.2 Å². The first-order valence-corrected chi connectivity index (χ1v) is 13.7. The van der Waals surface area contributed by atoms with E-state index in [0.717, 1.165) is 13.1 Å². The number of aromatic nitrogens is 1. The minimum absolute atomic E-state index is 0.0438. The van der Waals surface area contributed by atoms with Crippen LogP contribution < -0.4 is 20.4 Å². The van der Waals surface area contributed by atoms with Crippen LogP contribution in [0.3, 0.4) is 0 Å². The first-order chi connectivity index (χ1) is 19.3. The number of rotatable bonds is 5. The molecule has 0 spiro atoms. The van der Waals surface area contributed by atoms with Crippen LogP contribution in [0.5, 0.6) is 11.5 Å². The molecule has 3 aromatic rings. The third kappa shape index (κ3) is 4.78. The second kappa shape index (κ2) is 10.7. The zero-order valence-electron chi connectivity index (χ0n) is 22.0. The SMILES string of the molecule is CC(=O)N1CCN(c2cc3c(=O)c(C(=O)NCCN4CCOCC4)cn4c3c(c2F)Oc2cc(Cl)ccc2-4)CC1. The van der Waals surface area contributed by atoms with Gasteiger partial charge in [0.1, 0.15) is 11.1 Å². The number of piperazine rings is 1. The summed E-state index contributed by atoms with van der Waals surface area (Å²) in [6, 6.07) is 6.44. The van der Waals surface area contributed by atoms with Crippen molar-refractivity contribution in [1.29, 1.82) is 0 Å². The van der Waals surface area contributed by atoms with Crippen LogP contribution in [-0.4, -0.2) is 91.8 Å². The first-order valence-electron chi connectivity index (χ1n) is 13.3. The number of carbonyl (C=O) groups is 2. The number of benzene rings is 2. The lowest BCUT2D eigenvalue weighted by atomic mass is 10.1. The van der Waals surface area contributed by atoms with Gasteiger partial charge in [-0.25, -0.2) is 4.39 Å². The summed E-state index contributed by atoms with van der Waals surface area (Å²) in [5.41, 5.74) is 0.396. The van der Waals surface area contributed by atoms with Crippen LogP contribution in [0.4, 0.5) is 10.1 Å². The van der Waals surface area contributed by atoms with E-state index < -0.39 is 17.2 Å². The average molecular weight is 570 g/mol. The zero-order chi connectivity index (χ0) is 28.0. The maximum atomic E-state index is 16.1. The second-order valence-electron chi connectivity index (χ2n) is 10.1. The zero-order valence-corrected chi connectivity index (χ0v) is 22.8. The predicted molar refractivity (Wildman–Crippen MR) is 149 cm³/mol. The molecule has 0 bridgehead atoms. The third-order valence-corrected chi connectivity index (χ3v) is 7.92. The van der Waals surface area contributed by atoms with Crippen LogP contribution in [0.1, 0.15) is 17.3 Å². The van der Waals surface area contributed by atoms with Crippen molar-refractivity contribution in [3.63, 3.8) is 0 Å². The number of amides is 2. The van der Waals surface area contributed by atoms with Gasteiger partial charge in [0.15, 0.2) is 17.3 Å². The molecule has 1 aromatic heterocycles. The Morgan fingerprint density at radius 3 is 2.52 bits per heavy atom. The number of nitrogens with zero attached hydrogens (tertiary/aromatic N) is 4. The van der Waals surface area contributed by atoms with Crippen LogP contribution in [0.15, 0.2) is 35.3 Å². The van der Waals surface area contributed by atoms with Crippen molar-refractivity contribution in [3.05, 3.63) is 57.1 Å². The molecule has 0 atom stereocenters. The van der Waals surface area contributed by atoms with Gasteiger partial charge in [-0.05, 0) is 18.2 Å². The molecule has 3 aliphatic heterocycles. The van der Waals surface area contributed by atoms with E-state index in [9.17, 15) is 14.4 Å². The molecule has 0 unspecified atom stereocenters. The highest BCUT2D eigenvalue weighted by Gasteiger charge is 2.31. The summed E-state index contributed by atoms with van der Waals surface area (Å²) in [4.78, 5) is 44.5. The number of morpholine rings is 1. The number of ether oxygens (including phenoxy) is 2. The number of hydrogen-bond donors (Lipinski definition) is 1. The Balaban J connectivity index is 1.41. The highest BCUT2D eigenvalue weighted by molar-refractivity contribution is 6.30. The Hall–Kier alpha value is -3.67. The van der Waals surface area contributed by atoms with Gasteiger partial charge in [0.05, 0.1) is 30.0 Å². The van der Waals surface area contributed by atoms with E-state index >= 15 is 4.39 Å². The maximum absolute atomic E-state index is 16.1. The van der Waals surface area contributed by atoms with E-state index in [1.165, 1.54) is 19.2 Å². The van der Waals surface area contributed by atoms with E-state index in [0.29, 0.717) is 68.9 Å². The molecule has 210 valence electrons. The van der Waals surface area contributed by atoms with Gasteiger partial charge in [-0.1, -0.05) is 11.6 Å². The summed E-state index contributed by atoms with van der Waals surface area (Å²) in [6.07, 6.45) is 1.44. The molecule has 1 N–H and O–H groups in total. The Bertz CT molecular complexity index is 1560. The largest absolute Gasteiger partial charge is 0.450 e. The van der Waals surface area contributed by atoms with E-state index in [1.807, 2.05) is 0 Å². The van der Waals surface area contributed by atoms with Crippen molar-refractivity contribution in [2.75, 3.05) is 70.5 Å². The number of halogens is 2. The molecule has 2 amide bonds. The quantitative estimate of drug-likeness (QED) is 0.395. The summed E-state index contributed by atoms with van der Waals surface area (Å²) < 4.78 is 29.1. The molecule has 2 fully saturated rings. The van der Waals surface area contributed by atoms with E-state index in [4.69, 9.17) is 21.1 Å². The van der Waals surface area contributed by atoms with Gasteiger partial charge >= 0.3 is 0 Å². The van der Waals surface area contributed by atoms with Crippen molar-refractivity contribution in [2.24, 2.45) is 0 Å². The molecular formula is C28H29ClFN5O5. The van der Waals surface area contributed by atoms with Gasteiger partial charge in [0, 0.05) is 76.6 Å². The summed E-state index contributed by atoms with van der Waals surface area (Å²) in [6.45, 7) is 7.02. The summed E-state index contributed by atoms with van der Waals surface area (Å²) >= 11 is 6.22. The van der Waals surface area contributed by atoms with Crippen molar-refractivity contribution < 1.29 is 23.5 Å². The highest BCUT2D eigenvalue weighted by Crippen LogP contribution is 2.45. The van der Waals surface area contributed by atoms with Gasteiger partial charge in [0.25, 0.3) is 5.91 Å². The summed E-state index contributed by atoms with van der Waals surface area (Å²) in [5.74, 6) is -0.968. The number of nitrogens with one attached hydrogen (secondary N) is 1. The fourth-order valence-electron chi connectivity index (χ4n) is 5.48. The van der Waals surface area contributed by atoms with Gasteiger partial charge < -0.3 is 29.2 Å². The van der Waals surface area contributed by atoms with Crippen molar-refractivity contribution in [1.82, 2.24) is 19.7 Å². The predicted octanol–water partition coefficient (Wildman–Crippen LogP) is 2.62. The minimum atomic E-state index is -0.620. The lowest BCUT2D eigenvalue weighted by Crippen LogP contribution is -2.48. The fourth-order valence-corrected chi connectivity index (χ4v) is 5.65.